The van der Waals surface area contributed by atoms with Crippen LogP contribution in [0.2, 0.25) is 0 Å². The van der Waals surface area contributed by atoms with E-state index in [0.29, 0.717) is 0 Å². The summed E-state index contributed by atoms with van der Waals surface area (Å²) in [5.41, 5.74) is 5.59. The summed E-state index contributed by atoms with van der Waals surface area (Å²) < 4.78 is 2.40. The van der Waals surface area contributed by atoms with Crippen LogP contribution >= 0.6 is 22.9 Å². The Labute approximate surface area is 113 Å². The lowest BCUT2D eigenvalue weighted by molar-refractivity contribution is 0.0877. The van der Waals surface area contributed by atoms with E-state index in [9.17, 15) is 0 Å². The maximum Gasteiger partial charge on any atom is 0.0209 e. The summed E-state index contributed by atoms with van der Waals surface area (Å²) in [7, 11) is 0. The molecular weight excluding hydrogens is 315 g/mol. The Bertz CT molecular complexity index is 198. The lowest BCUT2D eigenvalue weighted by Gasteiger charge is -2.41. The summed E-state index contributed by atoms with van der Waals surface area (Å²) in [6.07, 6.45) is 2.67. The molecule has 0 amide bonds. The van der Waals surface area contributed by atoms with Gasteiger partial charge in [-0.15, -0.1) is 0 Å². The first kappa shape index (κ1) is 13.0. The van der Waals surface area contributed by atoms with E-state index in [1.165, 1.54) is 52.1 Å². The lowest BCUT2D eigenvalue weighted by Crippen LogP contribution is -2.51. The quantitative estimate of drug-likeness (QED) is 0.596. The fourth-order valence-electron chi connectivity index (χ4n) is 2.75. The second kappa shape index (κ2) is 6.49. The molecule has 0 radical (unpaired) electrons. The van der Waals surface area contributed by atoms with Gasteiger partial charge in [-0.3, -0.25) is 4.90 Å². The molecule has 2 aliphatic rings. The number of hydrogen-bond acceptors (Lipinski definition) is 4. The fraction of sp³-hybridized carbons (Fsp3) is 1.00. The molecule has 0 aromatic carbocycles. The summed E-state index contributed by atoms with van der Waals surface area (Å²) in [5.74, 6) is 0. The van der Waals surface area contributed by atoms with Crippen LogP contribution in [0.4, 0.5) is 0 Å². The molecular formula is C11H23IN4. The van der Waals surface area contributed by atoms with E-state index in [0.717, 1.165) is 19.1 Å². The smallest absolute Gasteiger partial charge is 0.0209 e. The van der Waals surface area contributed by atoms with Crippen LogP contribution in [0.25, 0.3) is 0 Å². The second-order valence-electron chi connectivity index (χ2n) is 4.81. The van der Waals surface area contributed by atoms with Crippen molar-refractivity contribution in [2.24, 2.45) is 5.73 Å². The number of likely N-dealkylation sites (tertiary alicyclic amines) is 1. The molecule has 2 saturated heterocycles. The second-order valence-corrected chi connectivity index (χ2v) is 6.17. The number of piperazine rings is 1. The highest BCUT2D eigenvalue weighted by Crippen LogP contribution is 2.18. The average molecular weight is 338 g/mol. The third-order valence-corrected chi connectivity index (χ3v) is 4.74. The number of piperidine rings is 1. The summed E-state index contributed by atoms with van der Waals surface area (Å²) in [6, 6.07) is 0.833. The van der Waals surface area contributed by atoms with Crippen molar-refractivity contribution >= 4 is 22.9 Å². The number of nitrogens with two attached hydrogens (primary N) is 1. The maximum atomic E-state index is 5.59. The molecule has 2 rings (SSSR count). The van der Waals surface area contributed by atoms with Crippen molar-refractivity contribution in [3.05, 3.63) is 0 Å². The van der Waals surface area contributed by atoms with Crippen LogP contribution in [-0.4, -0.2) is 71.3 Å². The molecule has 0 aromatic rings. The maximum absolute atomic E-state index is 5.59. The summed E-state index contributed by atoms with van der Waals surface area (Å²) in [4.78, 5) is 5.19. The monoisotopic (exact) mass is 338 g/mol. The molecule has 16 heavy (non-hydrogen) atoms. The van der Waals surface area contributed by atoms with Crippen molar-refractivity contribution in [3.8, 4) is 0 Å². The van der Waals surface area contributed by atoms with Gasteiger partial charge in [-0.05, 0) is 25.9 Å². The number of halogens is 1. The minimum Gasteiger partial charge on any atom is -0.329 e. The third-order valence-electron chi connectivity index (χ3n) is 3.78. The molecule has 2 aliphatic heterocycles. The third kappa shape index (κ3) is 3.53. The molecule has 4 nitrogen and oxygen atoms in total. The van der Waals surface area contributed by atoms with Crippen LogP contribution in [0.15, 0.2) is 0 Å². The van der Waals surface area contributed by atoms with Gasteiger partial charge in [0.25, 0.3) is 0 Å². The zero-order chi connectivity index (χ0) is 11.4. The van der Waals surface area contributed by atoms with Crippen LogP contribution in [0, 0.1) is 0 Å². The minimum atomic E-state index is 0.804. The predicted molar refractivity (Wildman–Crippen MR) is 75.7 cm³/mol. The molecule has 94 valence electrons. The topological polar surface area (TPSA) is 35.7 Å². The van der Waals surface area contributed by atoms with Crippen molar-refractivity contribution in [2.75, 3.05) is 52.4 Å². The van der Waals surface area contributed by atoms with Crippen LogP contribution in [0.3, 0.4) is 0 Å². The van der Waals surface area contributed by atoms with Crippen molar-refractivity contribution in [3.63, 3.8) is 0 Å². The van der Waals surface area contributed by atoms with Crippen LogP contribution in [0.1, 0.15) is 12.8 Å². The molecule has 0 aliphatic carbocycles. The summed E-state index contributed by atoms with van der Waals surface area (Å²) in [6.45, 7) is 9.33. The van der Waals surface area contributed by atoms with Crippen molar-refractivity contribution < 1.29 is 0 Å². The Kier molecular flexibility index (Phi) is 5.28. The van der Waals surface area contributed by atoms with Crippen LogP contribution in [0.5, 0.6) is 0 Å². The largest absolute Gasteiger partial charge is 0.329 e. The Morgan fingerprint density at radius 1 is 1.00 bits per heavy atom. The Hall–Kier alpha value is 0.570. The van der Waals surface area contributed by atoms with E-state index in [-0.39, 0.29) is 0 Å². The SMILES string of the molecule is NCCN1CCC(N2CCN(I)CC2)CC1. The van der Waals surface area contributed by atoms with E-state index in [4.69, 9.17) is 5.73 Å². The van der Waals surface area contributed by atoms with Gasteiger partial charge in [0.1, 0.15) is 0 Å². The van der Waals surface area contributed by atoms with Crippen molar-refractivity contribution in [1.29, 1.82) is 0 Å². The first-order valence-electron chi connectivity index (χ1n) is 6.37. The van der Waals surface area contributed by atoms with Gasteiger partial charge < -0.3 is 10.6 Å². The standard InChI is InChI=1S/C11H23IN4/c12-16-9-7-15(8-10-16)11-1-4-14(5-2-11)6-3-13/h11H,1-10,13H2. The molecule has 0 atom stereocenters. The normalized spacial score (nSPS) is 27.4. The van der Waals surface area contributed by atoms with Gasteiger partial charge in [0.15, 0.2) is 0 Å². The summed E-state index contributed by atoms with van der Waals surface area (Å²) in [5, 5.41) is 0. The van der Waals surface area contributed by atoms with E-state index in [1.807, 2.05) is 0 Å². The first-order chi connectivity index (χ1) is 7.79. The lowest BCUT2D eigenvalue weighted by atomic mass is 10.0. The zero-order valence-corrected chi connectivity index (χ0v) is 12.1. The fourth-order valence-corrected chi connectivity index (χ4v) is 3.18. The van der Waals surface area contributed by atoms with Gasteiger partial charge in [0.05, 0.1) is 0 Å². The van der Waals surface area contributed by atoms with E-state index < -0.39 is 0 Å². The summed E-state index contributed by atoms with van der Waals surface area (Å²) >= 11 is 2.44. The van der Waals surface area contributed by atoms with Gasteiger partial charge in [0, 0.05) is 68.2 Å². The molecule has 0 aromatic heterocycles. The first-order valence-corrected chi connectivity index (χ1v) is 7.33. The molecule has 0 saturated carbocycles. The Balaban J connectivity index is 1.72. The van der Waals surface area contributed by atoms with Crippen LogP contribution in [-0.2, 0) is 0 Å². The van der Waals surface area contributed by atoms with Crippen LogP contribution < -0.4 is 5.73 Å². The number of hydrogen-bond donors (Lipinski definition) is 1. The van der Waals surface area contributed by atoms with Gasteiger partial charge in [-0.2, -0.15) is 0 Å². The molecule has 5 heteroatoms. The predicted octanol–water partition coefficient (Wildman–Crippen LogP) is 0.377. The van der Waals surface area contributed by atoms with E-state index in [1.54, 1.807) is 0 Å². The van der Waals surface area contributed by atoms with Gasteiger partial charge in [-0.25, -0.2) is 3.11 Å². The van der Waals surface area contributed by atoms with E-state index in [2.05, 4.69) is 35.8 Å². The number of rotatable bonds is 3. The van der Waals surface area contributed by atoms with Gasteiger partial charge in [-0.1, -0.05) is 0 Å². The molecule has 2 heterocycles. The Morgan fingerprint density at radius 3 is 2.19 bits per heavy atom. The average Bonchev–Trinajstić information content (AvgIpc) is 2.32. The molecule has 0 bridgehead atoms. The minimum absolute atomic E-state index is 0.804. The van der Waals surface area contributed by atoms with Crippen molar-refractivity contribution in [2.45, 2.75) is 18.9 Å². The van der Waals surface area contributed by atoms with Crippen molar-refractivity contribution in [1.82, 2.24) is 12.9 Å². The molecule has 0 spiro atoms. The van der Waals surface area contributed by atoms with Gasteiger partial charge >= 0.3 is 0 Å². The highest BCUT2D eigenvalue weighted by Gasteiger charge is 2.26. The Morgan fingerprint density at radius 2 is 1.62 bits per heavy atom. The molecule has 0 unspecified atom stereocenters. The highest BCUT2D eigenvalue weighted by molar-refractivity contribution is 14.1. The van der Waals surface area contributed by atoms with Gasteiger partial charge in [0.2, 0.25) is 0 Å². The number of nitrogens with zero attached hydrogens (tertiary/aromatic N) is 3. The highest BCUT2D eigenvalue weighted by atomic mass is 127. The zero-order valence-electron chi connectivity index (χ0n) is 9.95. The molecule has 2 fully saturated rings. The molecule has 2 N–H and O–H groups in total. The van der Waals surface area contributed by atoms with E-state index >= 15 is 0 Å².